The van der Waals surface area contributed by atoms with Gasteiger partial charge in [-0.25, -0.2) is 4.68 Å². The first-order chi connectivity index (χ1) is 12.3. The quantitative estimate of drug-likeness (QED) is 0.757. The summed E-state index contributed by atoms with van der Waals surface area (Å²) >= 11 is 0. The topological polar surface area (TPSA) is 105 Å². The third kappa shape index (κ3) is 4.23. The molecule has 0 aliphatic heterocycles. The molecule has 1 saturated carbocycles. The van der Waals surface area contributed by atoms with Crippen molar-refractivity contribution in [3.05, 3.63) is 16.6 Å². The average Bonchev–Trinajstić information content (AvgIpc) is 3.00. The summed E-state index contributed by atoms with van der Waals surface area (Å²) in [4.78, 5) is 31.5. The molecule has 1 aliphatic carbocycles. The molecular weight excluding hydrogens is 332 g/mol. The van der Waals surface area contributed by atoms with Crippen molar-refractivity contribution in [1.29, 1.82) is 0 Å². The van der Waals surface area contributed by atoms with E-state index < -0.39 is 0 Å². The summed E-state index contributed by atoms with van der Waals surface area (Å²) in [7, 11) is 0. The Balaban J connectivity index is 1.62. The highest BCUT2D eigenvalue weighted by Crippen LogP contribution is 2.19. The first kappa shape index (κ1) is 18.4. The van der Waals surface area contributed by atoms with E-state index in [0.29, 0.717) is 36.0 Å². The SMILES string of the molecule is CC(C)(C)n1ncc2c(=O)[nH]c(NCCC(=O)NC3CCCCC3)nc21. The highest BCUT2D eigenvalue weighted by molar-refractivity contribution is 5.77. The summed E-state index contributed by atoms with van der Waals surface area (Å²) in [5, 5.41) is 10.9. The lowest BCUT2D eigenvalue weighted by atomic mass is 9.95. The summed E-state index contributed by atoms with van der Waals surface area (Å²) in [5.74, 6) is 0.395. The lowest BCUT2D eigenvalue weighted by molar-refractivity contribution is -0.121. The number of nitrogens with zero attached hydrogens (tertiary/aromatic N) is 3. The first-order valence-electron chi connectivity index (χ1n) is 9.36. The van der Waals surface area contributed by atoms with Crippen LogP contribution in [0.5, 0.6) is 0 Å². The molecule has 3 N–H and O–H groups in total. The van der Waals surface area contributed by atoms with Crippen molar-refractivity contribution in [3.63, 3.8) is 0 Å². The summed E-state index contributed by atoms with van der Waals surface area (Å²) in [6.07, 6.45) is 7.67. The predicted molar refractivity (Wildman–Crippen MR) is 101 cm³/mol. The van der Waals surface area contributed by atoms with Gasteiger partial charge in [0.25, 0.3) is 5.56 Å². The van der Waals surface area contributed by atoms with E-state index in [1.807, 2.05) is 20.8 Å². The van der Waals surface area contributed by atoms with Crippen molar-refractivity contribution in [2.24, 2.45) is 0 Å². The summed E-state index contributed by atoms with van der Waals surface area (Å²) in [5.41, 5.74) is 0.0229. The molecule has 0 radical (unpaired) electrons. The number of aromatic nitrogens is 4. The maximum Gasteiger partial charge on any atom is 0.263 e. The van der Waals surface area contributed by atoms with Crippen LogP contribution in [0.15, 0.2) is 11.0 Å². The molecule has 0 saturated heterocycles. The van der Waals surface area contributed by atoms with Crippen molar-refractivity contribution in [1.82, 2.24) is 25.1 Å². The van der Waals surface area contributed by atoms with Crippen LogP contribution in [0.3, 0.4) is 0 Å². The van der Waals surface area contributed by atoms with Crippen LogP contribution in [0, 0.1) is 0 Å². The van der Waals surface area contributed by atoms with E-state index in [1.54, 1.807) is 4.68 Å². The maximum absolute atomic E-state index is 12.2. The van der Waals surface area contributed by atoms with Crippen molar-refractivity contribution in [2.45, 2.75) is 70.9 Å². The maximum atomic E-state index is 12.2. The highest BCUT2D eigenvalue weighted by Gasteiger charge is 2.20. The van der Waals surface area contributed by atoms with E-state index in [9.17, 15) is 9.59 Å². The summed E-state index contributed by atoms with van der Waals surface area (Å²) in [6, 6.07) is 0.312. The van der Waals surface area contributed by atoms with Gasteiger partial charge in [-0.3, -0.25) is 14.6 Å². The van der Waals surface area contributed by atoms with Gasteiger partial charge in [-0.1, -0.05) is 19.3 Å². The summed E-state index contributed by atoms with van der Waals surface area (Å²) in [6.45, 7) is 6.43. The van der Waals surface area contributed by atoms with Crippen molar-refractivity contribution in [3.8, 4) is 0 Å². The molecule has 0 spiro atoms. The molecule has 1 amide bonds. The molecule has 8 nitrogen and oxygen atoms in total. The monoisotopic (exact) mass is 360 g/mol. The van der Waals surface area contributed by atoms with E-state index in [2.05, 4.69) is 25.7 Å². The zero-order valence-electron chi connectivity index (χ0n) is 15.8. The van der Waals surface area contributed by atoms with Crippen LogP contribution in [0.1, 0.15) is 59.3 Å². The van der Waals surface area contributed by atoms with Crippen molar-refractivity contribution < 1.29 is 4.79 Å². The van der Waals surface area contributed by atoms with Crippen LogP contribution < -0.4 is 16.2 Å². The highest BCUT2D eigenvalue weighted by atomic mass is 16.1. The molecule has 26 heavy (non-hydrogen) atoms. The largest absolute Gasteiger partial charge is 0.355 e. The van der Waals surface area contributed by atoms with E-state index in [4.69, 9.17) is 0 Å². The molecule has 0 unspecified atom stereocenters. The van der Waals surface area contributed by atoms with E-state index >= 15 is 0 Å². The number of nitrogens with one attached hydrogen (secondary N) is 3. The van der Waals surface area contributed by atoms with Crippen LogP contribution >= 0.6 is 0 Å². The number of fused-ring (bicyclic) bond motifs is 1. The molecule has 3 rings (SSSR count). The zero-order valence-corrected chi connectivity index (χ0v) is 15.8. The van der Waals surface area contributed by atoms with E-state index in [0.717, 1.165) is 12.8 Å². The zero-order chi connectivity index (χ0) is 18.7. The van der Waals surface area contributed by atoms with Gasteiger partial charge in [-0.05, 0) is 33.6 Å². The number of anilines is 1. The number of H-pyrrole nitrogens is 1. The number of rotatable bonds is 5. The van der Waals surface area contributed by atoms with Crippen LogP contribution in [-0.2, 0) is 10.3 Å². The molecule has 2 aromatic heterocycles. The fraction of sp³-hybridized carbons (Fsp3) is 0.667. The number of aromatic amines is 1. The Morgan fingerprint density at radius 2 is 2.04 bits per heavy atom. The molecule has 0 aromatic carbocycles. The second-order valence-electron chi connectivity index (χ2n) is 7.96. The van der Waals surface area contributed by atoms with Crippen LogP contribution in [-0.4, -0.2) is 38.2 Å². The minimum atomic E-state index is -0.278. The smallest absolute Gasteiger partial charge is 0.263 e. The van der Waals surface area contributed by atoms with Crippen LogP contribution in [0.2, 0.25) is 0 Å². The third-order valence-corrected chi connectivity index (χ3v) is 4.69. The number of carbonyl (C=O) groups is 1. The second kappa shape index (κ2) is 7.47. The molecule has 1 fully saturated rings. The van der Waals surface area contributed by atoms with Gasteiger partial charge < -0.3 is 10.6 Å². The normalized spacial score (nSPS) is 16.0. The van der Waals surface area contributed by atoms with Crippen molar-refractivity contribution in [2.75, 3.05) is 11.9 Å². The van der Waals surface area contributed by atoms with Crippen LogP contribution in [0.4, 0.5) is 5.95 Å². The average molecular weight is 360 g/mol. The molecule has 2 heterocycles. The second-order valence-corrected chi connectivity index (χ2v) is 7.96. The fourth-order valence-electron chi connectivity index (χ4n) is 3.33. The van der Waals surface area contributed by atoms with Gasteiger partial charge in [-0.15, -0.1) is 0 Å². The van der Waals surface area contributed by atoms with Gasteiger partial charge in [0.2, 0.25) is 11.9 Å². The van der Waals surface area contributed by atoms with Gasteiger partial charge in [-0.2, -0.15) is 10.1 Å². The molecule has 0 atom stereocenters. The van der Waals surface area contributed by atoms with Crippen LogP contribution in [0.25, 0.3) is 11.0 Å². The fourth-order valence-corrected chi connectivity index (χ4v) is 3.33. The number of amides is 1. The molecule has 8 heteroatoms. The molecule has 1 aliphatic rings. The Kier molecular flexibility index (Phi) is 5.29. The van der Waals surface area contributed by atoms with Gasteiger partial charge >= 0.3 is 0 Å². The van der Waals surface area contributed by atoms with Gasteiger partial charge in [0.05, 0.1) is 11.7 Å². The predicted octanol–water partition coefficient (Wildman–Crippen LogP) is 2.13. The van der Waals surface area contributed by atoms with E-state index in [1.165, 1.54) is 25.5 Å². The Morgan fingerprint density at radius 3 is 2.73 bits per heavy atom. The lowest BCUT2D eigenvalue weighted by Gasteiger charge is -2.22. The molecule has 2 aromatic rings. The third-order valence-electron chi connectivity index (χ3n) is 4.69. The standard InChI is InChI=1S/C18H28N6O2/c1-18(2,3)24-15-13(11-20-24)16(26)23-17(22-15)19-10-9-14(25)21-12-7-5-4-6-8-12/h11-12H,4-10H2,1-3H3,(H,21,25)(H2,19,22,23,26). The summed E-state index contributed by atoms with van der Waals surface area (Å²) < 4.78 is 1.73. The minimum absolute atomic E-state index is 0.0348. The molecular formula is C18H28N6O2. The minimum Gasteiger partial charge on any atom is -0.355 e. The number of carbonyl (C=O) groups excluding carboxylic acids is 1. The van der Waals surface area contributed by atoms with Gasteiger partial charge in [0.1, 0.15) is 5.39 Å². The Bertz CT molecular complexity index is 826. The Hall–Kier alpha value is -2.38. The first-order valence-corrected chi connectivity index (χ1v) is 9.36. The van der Waals surface area contributed by atoms with Crippen molar-refractivity contribution >= 4 is 22.9 Å². The lowest BCUT2D eigenvalue weighted by Crippen LogP contribution is -2.36. The number of hydrogen-bond donors (Lipinski definition) is 3. The molecule has 142 valence electrons. The number of hydrogen-bond acceptors (Lipinski definition) is 5. The molecule has 0 bridgehead atoms. The van der Waals surface area contributed by atoms with Gasteiger partial charge in [0, 0.05) is 19.0 Å². The van der Waals surface area contributed by atoms with E-state index in [-0.39, 0.29) is 17.0 Å². The Labute approximate surface area is 152 Å². The Morgan fingerprint density at radius 1 is 1.31 bits per heavy atom. The van der Waals surface area contributed by atoms with Gasteiger partial charge in [0.15, 0.2) is 5.65 Å².